The van der Waals surface area contributed by atoms with E-state index < -0.39 is 0 Å². The summed E-state index contributed by atoms with van der Waals surface area (Å²) < 4.78 is 5.17. The Balaban J connectivity index is 1.88. The minimum Gasteiger partial charge on any atom is -0.464 e. The van der Waals surface area contributed by atoms with Crippen LogP contribution in [0.5, 0.6) is 0 Å². The second kappa shape index (κ2) is 9.80. The Morgan fingerprint density at radius 2 is 2.00 bits per heavy atom. The van der Waals surface area contributed by atoms with Crippen LogP contribution in [0.4, 0.5) is 0 Å². The third-order valence-electron chi connectivity index (χ3n) is 3.08. The Morgan fingerprint density at radius 1 is 1.22 bits per heavy atom. The molecule has 102 valence electrons. The second-order valence-corrected chi connectivity index (χ2v) is 4.55. The van der Waals surface area contributed by atoms with Gasteiger partial charge in [-0.05, 0) is 38.8 Å². The fourth-order valence-corrected chi connectivity index (χ4v) is 2.05. The van der Waals surface area contributed by atoms with Gasteiger partial charge in [0.15, 0.2) is 0 Å². The van der Waals surface area contributed by atoms with Gasteiger partial charge in [-0.1, -0.05) is 6.42 Å². The lowest BCUT2D eigenvalue weighted by Gasteiger charge is -2.14. The predicted molar refractivity (Wildman–Crippen MR) is 68.1 cm³/mol. The number of hydrogen-bond acceptors (Lipinski definition) is 5. The summed E-state index contributed by atoms with van der Waals surface area (Å²) >= 11 is 0. The van der Waals surface area contributed by atoms with E-state index in [1.807, 2.05) is 0 Å². The summed E-state index contributed by atoms with van der Waals surface area (Å²) in [6.07, 6.45) is 7.01. The van der Waals surface area contributed by atoms with Crippen LogP contribution < -0.4 is 0 Å². The van der Waals surface area contributed by atoms with Gasteiger partial charge in [-0.15, -0.1) is 0 Å². The third-order valence-corrected chi connectivity index (χ3v) is 3.08. The lowest BCUT2D eigenvalue weighted by atomic mass is 10.2. The molecule has 0 atom stereocenters. The Kier molecular flexibility index (Phi) is 8.10. The molecular weight excluding hydrogens is 232 g/mol. The zero-order chi connectivity index (χ0) is 13.1. The molecule has 1 rings (SSSR count). The number of hydrogen-bond donors (Lipinski definition) is 0. The van der Waals surface area contributed by atoms with E-state index >= 15 is 0 Å². The molecule has 0 aromatic heterocycles. The molecule has 5 nitrogen and oxygen atoms in total. The molecule has 1 aliphatic rings. The van der Waals surface area contributed by atoms with Gasteiger partial charge in [-0.3, -0.25) is 9.69 Å². The summed E-state index contributed by atoms with van der Waals surface area (Å²) in [5, 5.41) is 0. The SMILES string of the molecule is O=C=NCCCCCC(=O)OCCN1CCCC1. The predicted octanol–water partition coefficient (Wildman–Crippen LogP) is 1.52. The van der Waals surface area contributed by atoms with Crippen molar-refractivity contribution < 1.29 is 14.3 Å². The second-order valence-electron chi connectivity index (χ2n) is 4.55. The molecule has 0 aromatic carbocycles. The third kappa shape index (κ3) is 7.20. The van der Waals surface area contributed by atoms with Crippen molar-refractivity contribution in [3.63, 3.8) is 0 Å². The van der Waals surface area contributed by atoms with E-state index in [0.717, 1.165) is 38.9 Å². The molecule has 1 heterocycles. The average Bonchev–Trinajstić information content (AvgIpc) is 2.87. The molecule has 1 fully saturated rings. The van der Waals surface area contributed by atoms with Crippen molar-refractivity contribution in [1.82, 2.24) is 4.90 Å². The fraction of sp³-hybridized carbons (Fsp3) is 0.846. The van der Waals surface area contributed by atoms with E-state index in [4.69, 9.17) is 4.74 Å². The van der Waals surface area contributed by atoms with Crippen molar-refractivity contribution in [2.24, 2.45) is 4.99 Å². The van der Waals surface area contributed by atoms with Crippen molar-refractivity contribution in [2.75, 3.05) is 32.8 Å². The summed E-state index contributed by atoms with van der Waals surface area (Å²) in [6, 6.07) is 0. The van der Waals surface area contributed by atoms with Gasteiger partial charge in [0, 0.05) is 13.0 Å². The number of esters is 1. The zero-order valence-corrected chi connectivity index (χ0v) is 10.9. The maximum absolute atomic E-state index is 11.4. The number of isocyanates is 1. The molecule has 0 radical (unpaired) electrons. The van der Waals surface area contributed by atoms with Gasteiger partial charge >= 0.3 is 5.97 Å². The summed E-state index contributed by atoms with van der Waals surface area (Å²) in [6.45, 7) is 4.14. The van der Waals surface area contributed by atoms with E-state index in [2.05, 4.69) is 9.89 Å². The molecule has 0 amide bonds. The number of carbonyl (C=O) groups is 1. The van der Waals surface area contributed by atoms with Crippen LogP contribution >= 0.6 is 0 Å². The Bertz CT molecular complexity index is 282. The Labute approximate surface area is 108 Å². The number of carbonyl (C=O) groups excluding carboxylic acids is 2. The van der Waals surface area contributed by atoms with Crippen LogP contribution in [0.15, 0.2) is 4.99 Å². The number of likely N-dealkylation sites (tertiary alicyclic amines) is 1. The number of nitrogens with zero attached hydrogens (tertiary/aromatic N) is 2. The Hall–Kier alpha value is -1.19. The molecule has 18 heavy (non-hydrogen) atoms. The van der Waals surface area contributed by atoms with Gasteiger partial charge < -0.3 is 4.74 Å². The minimum absolute atomic E-state index is 0.118. The first-order chi connectivity index (χ1) is 8.83. The van der Waals surface area contributed by atoms with Gasteiger partial charge in [0.2, 0.25) is 6.08 Å². The minimum atomic E-state index is -0.118. The van der Waals surface area contributed by atoms with Crippen LogP contribution in [-0.4, -0.2) is 49.7 Å². The quantitative estimate of drug-likeness (QED) is 0.271. The summed E-state index contributed by atoms with van der Waals surface area (Å²) in [5.41, 5.74) is 0. The van der Waals surface area contributed by atoms with Gasteiger partial charge in [0.1, 0.15) is 6.61 Å². The number of rotatable bonds is 9. The van der Waals surface area contributed by atoms with Crippen molar-refractivity contribution in [2.45, 2.75) is 38.5 Å². The highest BCUT2D eigenvalue weighted by Gasteiger charge is 2.11. The summed E-state index contributed by atoms with van der Waals surface area (Å²) in [4.78, 5) is 27.0. The maximum Gasteiger partial charge on any atom is 0.305 e. The molecule has 0 bridgehead atoms. The standard InChI is InChI=1S/C13H22N2O3/c16-12-14-7-3-1-2-6-13(17)18-11-10-15-8-4-5-9-15/h1-11H2. The fourth-order valence-electron chi connectivity index (χ4n) is 2.05. The van der Waals surface area contributed by atoms with Gasteiger partial charge in [0.05, 0.1) is 6.54 Å². The van der Waals surface area contributed by atoms with Crippen LogP contribution in [-0.2, 0) is 14.3 Å². The Morgan fingerprint density at radius 3 is 2.72 bits per heavy atom. The maximum atomic E-state index is 11.4. The molecule has 0 spiro atoms. The first-order valence-corrected chi connectivity index (χ1v) is 6.74. The summed E-state index contributed by atoms with van der Waals surface area (Å²) in [7, 11) is 0. The van der Waals surface area contributed by atoms with Crippen LogP contribution in [0.25, 0.3) is 0 Å². The van der Waals surface area contributed by atoms with E-state index in [-0.39, 0.29) is 5.97 Å². The molecule has 0 aromatic rings. The monoisotopic (exact) mass is 254 g/mol. The van der Waals surface area contributed by atoms with Crippen LogP contribution in [0.3, 0.4) is 0 Å². The highest BCUT2D eigenvalue weighted by molar-refractivity contribution is 5.69. The molecule has 0 saturated carbocycles. The van der Waals surface area contributed by atoms with Crippen molar-refractivity contribution in [3.8, 4) is 0 Å². The van der Waals surface area contributed by atoms with E-state index in [1.165, 1.54) is 18.9 Å². The van der Waals surface area contributed by atoms with Gasteiger partial charge in [0.25, 0.3) is 0 Å². The van der Waals surface area contributed by atoms with Gasteiger partial charge in [-0.2, -0.15) is 0 Å². The van der Waals surface area contributed by atoms with Gasteiger partial charge in [-0.25, -0.2) is 9.79 Å². The number of unbranched alkanes of at least 4 members (excludes halogenated alkanes) is 2. The highest BCUT2D eigenvalue weighted by Crippen LogP contribution is 2.06. The summed E-state index contributed by atoms with van der Waals surface area (Å²) in [5.74, 6) is -0.118. The van der Waals surface area contributed by atoms with Crippen LogP contribution in [0.1, 0.15) is 38.5 Å². The molecule has 1 saturated heterocycles. The molecule has 1 aliphatic heterocycles. The first-order valence-electron chi connectivity index (χ1n) is 6.74. The highest BCUT2D eigenvalue weighted by atomic mass is 16.5. The number of ether oxygens (including phenoxy) is 1. The van der Waals surface area contributed by atoms with Crippen LogP contribution in [0.2, 0.25) is 0 Å². The largest absolute Gasteiger partial charge is 0.464 e. The molecular formula is C13H22N2O3. The van der Waals surface area contributed by atoms with Crippen molar-refractivity contribution in [1.29, 1.82) is 0 Å². The normalized spacial score (nSPS) is 15.3. The zero-order valence-electron chi connectivity index (χ0n) is 10.9. The lowest BCUT2D eigenvalue weighted by molar-refractivity contribution is -0.144. The molecule has 0 aliphatic carbocycles. The topological polar surface area (TPSA) is 59.0 Å². The first kappa shape index (κ1) is 14.9. The molecule has 0 N–H and O–H groups in total. The lowest BCUT2D eigenvalue weighted by Crippen LogP contribution is -2.25. The van der Waals surface area contributed by atoms with Crippen molar-refractivity contribution >= 4 is 12.0 Å². The van der Waals surface area contributed by atoms with Crippen LogP contribution in [0, 0.1) is 0 Å². The van der Waals surface area contributed by atoms with Crippen molar-refractivity contribution in [3.05, 3.63) is 0 Å². The molecule has 5 heteroatoms. The van der Waals surface area contributed by atoms with E-state index in [1.54, 1.807) is 0 Å². The number of aliphatic imine (C=N–C) groups is 1. The van der Waals surface area contributed by atoms with E-state index in [9.17, 15) is 9.59 Å². The van der Waals surface area contributed by atoms with E-state index in [0.29, 0.717) is 19.6 Å². The molecule has 0 unspecified atom stereocenters. The average molecular weight is 254 g/mol. The smallest absolute Gasteiger partial charge is 0.305 e.